The van der Waals surface area contributed by atoms with Gasteiger partial charge in [0.2, 0.25) is 0 Å². The molecule has 1 amide bonds. The highest BCUT2D eigenvalue weighted by molar-refractivity contribution is 5.99. The third-order valence-corrected chi connectivity index (χ3v) is 3.93. The Balaban J connectivity index is 2.06. The highest BCUT2D eigenvalue weighted by atomic mass is 16.3. The molecule has 1 aromatic rings. The van der Waals surface area contributed by atoms with E-state index in [-0.39, 0.29) is 12.0 Å². The van der Waals surface area contributed by atoms with Gasteiger partial charge in [0.1, 0.15) is 0 Å². The van der Waals surface area contributed by atoms with Crippen molar-refractivity contribution in [2.45, 2.75) is 39.2 Å². The van der Waals surface area contributed by atoms with E-state index in [1.165, 1.54) is 0 Å². The number of carbonyl (C=O) groups excluding carboxylic acids is 1. The Hall–Kier alpha value is -1.62. The van der Waals surface area contributed by atoms with E-state index in [9.17, 15) is 9.90 Å². The zero-order valence-electron chi connectivity index (χ0n) is 13.1. The van der Waals surface area contributed by atoms with Crippen molar-refractivity contribution in [3.8, 4) is 0 Å². The number of amides is 1. The second kappa shape index (κ2) is 6.89. The van der Waals surface area contributed by atoms with Crippen LogP contribution >= 0.6 is 0 Å². The Bertz CT molecular complexity index is 498. The molecule has 0 saturated heterocycles. The van der Waals surface area contributed by atoms with Gasteiger partial charge in [-0.1, -0.05) is 6.92 Å². The fourth-order valence-corrected chi connectivity index (χ4v) is 2.66. The number of pyridine rings is 1. The summed E-state index contributed by atoms with van der Waals surface area (Å²) >= 11 is 0. The molecule has 1 aromatic heterocycles. The van der Waals surface area contributed by atoms with Gasteiger partial charge in [0, 0.05) is 32.0 Å². The average molecular weight is 291 g/mol. The van der Waals surface area contributed by atoms with Crippen molar-refractivity contribution in [2.24, 2.45) is 5.92 Å². The Morgan fingerprint density at radius 2 is 2.24 bits per heavy atom. The molecule has 0 aliphatic heterocycles. The fraction of sp³-hybridized carbons (Fsp3) is 0.625. The Labute approximate surface area is 126 Å². The lowest BCUT2D eigenvalue weighted by molar-refractivity contribution is 0.0265. The predicted molar refractivity (Wildman–Crippen MR) is 83.4 cm³/mol. The number of carbonyl (C=O) groups is 1. The van der Waals surface area contributed by atoms with Crippen LogP contribution in [0.25, 0.3) is 0 Å². The summed E-state index contributed by atoms with van der Waals surface area (Å²) in [6.45, 7) is 5.54. The number of aromatic nitrogens is 1. The molecule has 1 fully saturated rings. The van der Waals surface area contributed by atoms with Crippen LogP contribution in [0.15, 0.2) is 12.3 Å². The molecule has 0 unspecified atom stereocenters. The lowest BCUT2D eigenvalue weighted by Gasteiger charge is -2.34. The van der Waals surface area contributed by atoms with E-state index in [1.807, 2.05) is 20.0 Å². The molecule has 1 aliphatic rings. The molecular formula is C16H25N3O2. The number of hydrogen-bond acceptors (Lipinski definition) is 4. The molecule has 1 aliphatic carbocycles. The number of nitrogens with zero attached hydrogens (tertiary/aromatic N) is 2. The second-order valence-corrected chi connectivity index (χ2v) is 5.97. The first-order valence-corrected chi connectivity index (χ1v) is 7.65. The van der Waals surface area contributed by atoms with Crippen LogP contribution in [-0.2, 0) is 0 Å². The SMILES string of the molecule is CCCNc1cc(C)ncc1C(=O)N(C)CC1CC(O)C1. The van der Waals surface area contributed by atoms with Crippen LogP contribution in [-0.4, -0.2) is 47.1 Å². The monoisotopic (exact) mass is 291 g/mol. The minimum absolute atomic E-state index is 0.0116. The van der Waals surface area contributed by atoms with Gasteiger partial charge in [0.05, 0.1) is 17.4 Å². The molecule has 0 aromatic carbocycles. The van der Waals surface area contributed by atoms with E-state index < -0.39 is 0 Å². The maximum Gasteiger partial charge on any atom is 0.257 e. The zero-order chi connectivity index (χ0) is 15.4. The van der Waals surface area contributed by atoms with Gasteiger partial charge in [0.25, 0.3) is 5.91 Å². The van der Waals surface area contributed by atoms with Crippen LogP contribution in [0.5, 0.6) is 0 Å². The minimum atomic E-state index is -0.179. The number of nitrogens with one attached hydrogen (secondary N) is 1. The summed E-state index contributed by atoms with van der Waals surface area (Å²) < 4.78 is 0. The first-order valence-electron chi connectivity index (χ1n) is 7.65. The molecule has 1 heterocycles. The highest BCUT2D eigenvalue weighted by Gasteiger charge is 2.29. The number of aliphatic hydroxyl groups excluding tert-OH is 1. The van der Waals surface area contributed by atoms with Crippen molar-refractivity contribution in [3.63, 3.8) is 0 Å². The lowest BCUT2D eigenvalue weighted by atomic mass is 9.82. The summed E-state index contributed by atoms with van der Waals surface area (Å²) in [6.07, 6.45) is 4.07. The van der Waals surface area contributed by atoms with E-state index in [1.54, 1.807) is 11.1 Å². The Kier molecular flexibility index (Phi) is 5.17. The summed E-state index contributed by atoms with van der Waals surface area (Å²) in [6, 6.07) is 1.92. The van der Waals surface area contributed by atoms with Crippen LogP contribution in [0.3, 0.4) is 0 Å². The molecule has 2 rings (SSSR count). The van der Waals surface area contributed by atoms with Gasteiger partial charge in [-0.15, -0.1) is 0 Å². The van der Waals surface area contributed by atoms with E-state index >= 15 is 0 Å². The third-order valence-electron chi connectivity index (χ3n) is 3.93. The Morgan fingerprint density at radius 3 is 2.86 bits per heavy atom. The number of hydrogen-bond donors (Lipinski definition) is 2. The van der Waals surface area contributed by atoms with Crippen molar-refractivity contribution in [2.75, 3.05) is 25.5 Å². The van der Waals surface area contributed by atoms with Crippen molar-refractivity contribution in [3.05, 3.63) is 23.5 Å². The molecule has 5 nitrogen and oxygen atoms in total. The number of aliphatic hydroxyl groups is 1. The topological polar surface area (TPSA) is 65.5 Å². The van der Waals surface area contributed by atoms with Gasteiger partial charge in [0.15, 0.2) is 0 Å². The second-order valence-electron chi connectivity index (χ2n) is 5.97. The van der Waals surface area contributed by atoms with Crippen LogP contribution < -0.4 is 5.32 Å². The number of anilines is 1. The maximum absolute atomic E-state index is 12.6. The summed E-state index contributed by atoms with van der Waals surface area (Å²) in [5.41, 5.74) is 2.38. The molecule has 0 spiro atoms. The molecule has 116 valence electrons. The van der Waals surface area contributed by atoms with Crippen LogP contribution in [0.2, 0.25) is 0 Å². The van der Waals surface area contributed by atoms with E-state index in [4.69, 9.17) is 0 Å². The predicted octanol–water partition coefficient (Wildman–Crippen LogP) is 2.05. The number of rotatable bonds is 6. The smallest absolute Gasteiger partial charge is 0.257 e. The van der Waals surface area contributed by atoms with E-state index in [0.29, 0.717) is 18.0 Å². The van der Waals surface area contributed by atoms with E-state index in [0.717, 1.165) is 37.2 Å². The summed E-state index contributed by atoms with van der Waals surface area (Å²) in [5, 5.41) is 12.6. The third kappa shape index (κ3) is 3.94. The van der Waals surface area contributed by atoms with Gasteiger partial charge >= 0.3 is 0 Å². The van der Waals surface area contributed by atoms with Gasteiger partial charge in [-0.05, 0) is 38.2 Å². The van der Waals surface area contributed by atoms with Crippen molar-refractivity contribution in [1.29, 1.82) is 0 Å². The summed E-state index contributed by atoms with van der Waals surface area (Å²) in [4.78, 5) is 18.6. The van der Waals surface area contributed by atoms with Gasteiger partial charge < -0.3 is 15.3 Å². The summed E-state index contributed by atoms with van der Waals surface area (Å²) in [7, 11) is 1.82. The summed E-state index contributed by atoms with van der Waals surface area (Å²) in [5.74, 6) is 0.405. The molecule has 1 saturated carbocycles. The lowest BCUT2D eigenvalue weighted by Crippen LogP contribution is -2.39. The van der Waals surface area contributed by atoms with Gasteiger partial charge in [-0.3, -0.25) is 9.78 Å². The van der Waals surface area contributed by atoms with Crippen LogP contribution in [0.4, 0.5) is 5.69 Å². The van der Waals surface area contributed by atoms with Crippen molar-refractivity contribution < 1.29 is 9.90 Å². The first-order chi connectivity index (χ1) is 10.0. The molecule has 2 N–H and O–H groups in total. The largest absolute Gasteiger partial charge is 0.393 e. The molecule has 5 heteroatoms. The molecule has 0 bridgehead atoms. The van der Waals surface area contributed by atoms with Crippen LogP contribution in [0, 0.1) is 12.8 Å². The van der Waals surface area contributed by atoms with Gasteiger partial charge in [-0.25, -0.2) is 0 Å². The molecule has 0 atom stereocenters. The normalized spacial score (nSPS) is 20.8. The Morgan fingerprint density at radius 1 is 1.52 bits per heavy atom. The molecule has 0 radical (unpaired) electrons. The fourth-order valence-electron chi connectivity index (χ4n) is 2.66. The number of aryl methyl sites for hydroxylation is 1. The van der Waals surface area contributed by atoms with Crippen molar-refractivity contribution >= 4 is 11.6 Å². The molecular weight excluding hydrogens is 266 g/mol. The van der Waals surface area contributed by atoms with Crippen molar-refractivity contribution in [1.82, 2.24) is 9.88 Å². The average Bonchev–Trinajstić information content (AvgIpc) is 2.42. The minimum Gasteiger partial charge on any atom is -0.393 e. The van der Waals surface area contributed by atoms with Gasteiger partial charge in [-0.2, -0.15) is 0 Å². The maximum atomic E-state index is 12.6. The standard InChI is InChI=1S/C16H25N3O2/c1-4-5-17-15-6-11(2)18-9-14(15)16(21)19(3)10-12-7-13(20)8-12/h6,9,12-13,20H,4-5,7-8,10H2,1-3H3,(H,17,18). The van der Waals surface area contributed by atoms with E-state index in [2.05, 4.69) is 17.2 Å². The first kappa shape index (κ1) is 15.8. The quantitative estimate of drug-likeness (QED) is 0.842. The van der Waals surface area contributed by atoms with Crippen LogP contribution in [0.1, 0.15) is 42.2 Å². The highest BCUT2D eigenvalue weighted by Crippen LogP contribution is 2.28. The zero-order valence-corrected chi connectivity index (χ0v) is 13.1. The molecule has 21 heavy (non-hydrogen) atoms.